The van der Waals surface area contributed by atoms with E-state index in [0.29, 0.717) is 16.5 Å². The number of amides is 1. The van der Waals surface area contributed by atoms with Gasteiger partial charge in [0.25, 0.3) is 11.5 Å². The van der Waals surface area contributed by atoms with Crippen molar-refractivity contribution in [2.24, 2.45) is 5.10 Å². The van der Waals surface area contributed by atoms with Gasteiger partial charge in [-0.1, -0.05) is 55.7 Å². The maximum absolute atomic E-state index is 13.0. The van der Waals surface area contributed by atoms with Crippen molar-refractivity contribution in [3.63, 3.8) is 0 Å². The number of carbonyl (C=O) groups excluding carboxylic acids is 1. The Hall–Kier alpha value is -3.28. The molecule has 1 aliphatic carbocycles. The Labute approximate surface area is 169 Å². The predicted octanol–water partition coefficient (Wildman–Crippen LogP) is 4.22. The van der Waals surface area contributed by atoms with E-state index in [-0.39, 0.29) is 11.3 Å². The summed E-state index contributed by atoms with van der Waals surface area (Å²) >= 11 is 0. The van der Waals surface area contributed by atoms with Crippen LogP contribution < -0.4 is 11.0 Å². The van der Waals surface area contributed by atoms with Gasteiger partial charge in [0.1, 0.15) is 0 Å². The smallest absolute Gasteiger partial charge is 0.267 e. The van der Waals surface area contributed by atoms with E-state index in [4.69, 9.17) is 0 Å². The number of hydrazone groups is 1. The van der Waals surface area contributed by atoms with Crippen LogP contribution in [0.4, 0.5) is 0 Å². The van der Waals surface area contributed by atoms with Gasteiger partial charge in [-0.15, -0.1) is 0 Å². The SMILES string of the molecule is O=C(NN=C1CCCCCCC1)c1nn(-c2ccccc2)c(=O)c2ccccc12. The molecule has 0 saturated heterocycles. The first-order valence-corrected chi connectivity index (χ1v) is 10.2. The molecule has 0 bridgehead atoms. The first-order chi connectivity index (χ1) is 14.2. The summed E-state index contributed by atoms with van der Waals surface area (Å²) < 4.78 is 1.28. The molecule has 1 amide bonds. The van der Waals surface area contributed by atoms with Crippen LogP contribution in [-0.4, -0.2) is 21.4 Å². The zero-order valence-corrected chi connectivity index (χ0v) is 16.3. The summed E-state index contributed by atoms with van der Waals surface area (Å²) in [6.07, 6.45) is 7.73. The molecule has 0 atom stereocenters. The molecule has 3 aromatic rings. The third kappa shape index (κ3) is 4.26. The molecule has 0 aliphatic heterocycles. The Morgan fingerprint density at radius 2 is 1.48 bits per heavy atom. The number of nitrogens with one attached hydrogen (secondary N) is 1. The van der Waals surface area contributed by atoms with Gasteiger partial charge in [0, 0.05) is 11.1 Å². The molecule has 0 spiro atoms. The van der Waals surface area contributed by atoms with Gasteiger partial charge in [-0.25, -0.2) is 5.43 Å². The second kappa shape index (κ2) is 8.82. The molecule has 1 fully saturated rings. The van der Waals surface area contributed by atoms with Gasteiger partial charge in [-0.3, -0.25) is 9.59 Å². The molecular weight excluding hydrogens is 364 g/mol. The van der Waals surface area contributed by atoms with E-state index in [9.17, 15) is 9.59 Å². The summed E-state index contributed by atoms with van der Waals surface area (Å²) in [5.74, 6) is -0.402. The van der Waals surface area contributed by atoms with Crippen LogP contribution in [0.1, 0.15) is 55.4 Å². The molecule has 1 heterocycles. The lowest BCUT2D eigenvalue weighted by Crippen LogP contribution is -2.28. The molecule has 0 unspecified atom stereocenters. The number of carbonyl (C=O) groups is 1. The van der Waals surface area contributed by atoms with Crippen LogP contribution in [0.25, 0.3) is 16.5 Å². The minimum absolute atomic E-state index is 0.194. The van der Waals surface area contributed by atoms with Crippen LogP contribution in [0.2, 0.25) is 0 Å². The van der Waals surface area contributed by atoms with Crippen LogP contribution in [0.15, 0.2) is 64.5 Å². The summed E-state index contributed by atoms with van der Waals surface area (Å²) in [6.45, 7) is 0. The van der Waals surface area contributed by atoms with Gasteiger partial charge < -0.3 is 0 Å². The molecule has 29 heavy (non-hydrogen) atoms. The Bertz CT molecular complexity index is 1090. The molecule has 4 rings (SSSR count). The van der Waals surface area contributed by atoms with Crippen LogP contribution in [0, 0.1) is 0 Å². The fraction of sp³-hybridized carbons (Fsp3) is 0.304. The lowest BCUT2D eigenvalue weighted by molar-refractivity contribution is 0.0950. The number of aromatic nitrogens is 2. The fourth-order valence-electron chi connectivity index (χ4n) is 3.71. The monoisotopic (exact) mass is 388 g/mol. The number of fused-ring (bicyclic) bond motifs is 1. The minimum Gasteiger partial charge on any atom is -0.267 e. The van der Waals surface area contributed by atoms with E-state index in [0.717, 1.165) is 31.4 Å². The second-order valence-electron chi connectivity index (χ2n) is 7.33. The second-order valence-corrected chi connectivity index (χ2v) is 7.33. The average Bonchev–Trinajstić information content (AvgIpc) is 2.74. The standard InChI is InChI=1S/C23H24N4O2/c28-22(25-24-17-11-5-2-1-3-6-12-17)21-19-15-9-10-16-20(19)23(29)27(26-21)18-13-7-4-8-14-18/h4,7-10,13-16H,1-3,5-6,11-12H2,(H,25,28). The molecule has 1 saturated carbocycles. The van der Waals surface area contributed by atoms with Gasteiger partial charge >= 0.3 is 0 Å². The summed E-state index contributed by atoms with van der Waals surface area (Å²) in [4.78, 5) is 25.9. The molecule has 1 aromatic heterocycles. The maximum Gasteiger partial charge on any atom is 0.292 e. The largest absolute Gasteiger partial charge is 0.292 e. The number of hydrogen-bond acceptors (Lipinski definition) is 4. The van der Waals surface area contributed by atoms with Crippen LogP contribution in [0.3, 0.4) is 0 Å². The van der Waals surface area contributed by atoms with Gasteiger partial charge in [0.2, 0.25) is 0 Å². The van der Waals surface area contributed by atoms with Crippen molar-refractivity contribution >= 4 is 22.4 Å². The summed E-state index contributed by atoms with van der Waals surface area (Å²) in [7, 11) is 0. The highest BCUT2D eigenvalue weighted by atomic mass is 16.2. The number of rotatable bonds is 3. The minimum atomic E-state index is -0.402. The van der Waals surface area contributed by atoms with E-state index in [1.54, 1.807) is 36.4 Å². The zero-order valence-electron chi connectivity index (χ0n) is 16.3. The lowest BCUT2D eigenvalue weighted by atomic mass is 9.99. The van der Waals surface area contributed by atoms with E-state index < -0.39 is 5.91 Å². The van der Waals surface area contributed by atoms with Crippen molar-refractivity contribution in [2.45, 2.75) is 44.9 Å². The third-order valence-electron chi connectivity index (χ3n) is 5.27. The number of hydrogen-bond donors (Lipinski definition) is 1. The maximum atomic E-state index is 13.0. The van der Waals surface area contributed by atoms with Crippen LogP contribution in [-0.2, 0) is 0 Å². The van der Waals surface area contributed by atoms with Gasteiger partial charge in [0.15, 0.2) is 5.69 Å². The number of nitrogens with zero attached hydrogens (tertiary/aromatic N) is 3. The molecule has 6 heteroatoms. The highest BCUT2D eigenvalue weighted by Gasteiger charge is 2.17. The Morgan fingerprint density at radius 3 is 2.21 bits per heavy atom. The van der Waals surface area contributed by atoms with Crippen molar-refractivity contribution in [1.82, 2.24) is 15.2 Å². The van der Waals surface area contributed by atoms with Gasteiger partial charge in [-0.05, 0) is 43.9 Å². The zero-order chi connectivity index (χ0) is 20.1. The first-order valence-electron chi connectivity index (χ1n) is 10.2. The molecule has 6 nitrogen and oxygen atoms in total. The van der Waals surface area contributed by atoms with E-state index >= 15 is 0 Å². The molecule has 1 aliphatic rings. The van der Waals surface area contributed by atoms with E-state index in [2.05, 4.69) is 15.6 Å². The molecular formula is C23H24N4O2. The van der Waals surface area contributed by atoms with Crippen molar-refractivity contribution < 1.29 is 4.79 Å². The summed E-state index contributed by atoms with van der Waals surface area (Å²) in [6, 6.07) is 16.2. The first kappa shape index (κ1) is 19.1. The Kier molecular flexibility index (Phi) is 5.79. The van der Waals surface area contributed by atoms with Crippen LogP contribution >= 0.6 is 0 Å². The quantitative estimate of drug-likeness (QED) is 0.683. The van der Waals surface area contributed by atoms with Crippen molar-refractivity contribution in [3.8, 4) is 5.69 Å². The third-order valence-corrected chi connectivity index (χ3v) is 5.27. The van der Waals surface area contributed by atoms with Gasteiger partial charge in [-0.2, -0.15) is 14.9 Å². The molecule has 0 radical (unpaired) electrons. The Morgan fingerprint density at radius 1 is 0.862 bits per heavy atom. The highest BCUT2D eigenvalue weighted by Crippen LogP contribution is 2.17. The topological polar surface area (TPSA) is 76.3 Å². The normalized spacial score (nSPS) is 14.8. The lowest BCUT2D eigenvalue weighted by Gasteiger charge is -2.12. The molecule has 2 aromatic carbocycles. The van der Waals surface area contributed by atoms with Crippen LogP contribution in [0.5, 0.6) is 0 Å². The van der Waals surface area contributed by atoms with E-state index in [1.165, 1.54) is 23.9 Å². The predicted molar refractivity (Wildman–Crippen MR) is 115 cm³/mol. The van der Waals surface area contributed by atoms with Crippen molar-refractivity contribution in [2.75, 3.05) is 0 Å². The van der Waals surface area contributed by atoms with Gasteiger partial charge in [0.05, 0.1) is 11.1 Å². The van der Waals surface area contributed by atoms with Crippen molar-refractivity contribution in [3.05, 3.63) is 70.6 Å². The van der Waals surface area contributed by atoms with E-state index in [1.807, 2.05) is 18.2 Å². The fourth-order valence-corrected chi connectivity index (χ4v) is 3.71. The Balaban J connectivity index is 1.71. The average molecular weight is 388 g/mol. The molecule has 1 N–H and O–H groups in total. The number of benzene rings is 2. The number of para-hydroxylation sites is 1. The van der Waals surface area contributed by atoms with Crippen molar-refractivity contribution in [1.29, 1.82) is 0 Å². The summed E-state index contributed by atoms with van der Waals surface area (Å²) in [5.41, 5.74) is 4.26. The molecule has 148 valence electrons. The summed E-state index contributed by atoms with van der Waals surface area (Å²) in [5, 5.41) is 9.75. The highest BCUT2D eigenvalue weighted by molar-refractivity contribution is 6.05.